The predicted molar refractivity (Wildman–Crippen MR) is 115 cm³/mol. The van der Waals surface area contributed by atoms with Crippen molar-refractivity contribution in [2.45, 2.75) is 31.7 Å². The zero-order valence-corrected chi connectivity index (χ0v) is 16.5. The normalized spacial score (nSPS) is 18.5. The lowest BCUT2D eigenvalue weighted by atomic mass is 9.85. The molecule has 1 fully saturated rings. The van der Waals surface area contributed by atoms with Gasteiger partial charge in [0.25, 0.3) is 0 Å². The van der Waals surface area contributed by atoms with Gasteiger partial charge in [0, 0.05) is 6.04 Å². The molecular weight excluding hydrogens is 380 g/mol. The summed E-state index contributed by atoms with van der Waals surface area (Å²) in [6, 6.07) is 17.2. The Labute approximate surface area is 174 Å². The predicted octanol–water partition coefficient (Wildman–Crippen LogP) is 4.57. The number of nitrogens with zero attached hydrogens (tertiary/aromatic N) is 2. The molecule has 0 radical (unpaired) electrons. The van der Waals surface area contributed by atoms with Crippen molar-refractivity contribution in [3.8, 4) is 22.6 Å². The number of benzene rings is 2. The van der Waals surface area contributed by atoms with Crippen LogP contribution in [0.5, 0.6) is 11.5 Å². The van der Waals surface area contributed by atoms with Gasteiger partial charge in [-0.25, -0.2) is 9.97 Å². The zero-order valence-electron chi connectivity index (χ0n) is 16.5. The van der Waals surface area contributed by atoms with Gasteiger partial charge in [-0.1, -0.05) is 36.8 Å². The first-order chi connectivity index (χ1) is 14.6. The van der Waals surface area contributed by atoms with Gasteiger partial charge in [0.05, 0.1) is 11.5 Å². The van der Waals surface area contributed by atoms with E-state index >= 15 is 0 Å². The molecule has 4 N–H and O–H groups in total. The minimum atomic E-state index is -0.738. The van der Waals surface area contributed by atoms with E-state index in [-0.39, 0.29) is 12.0 Å². The highest BCUT2D eigenvalue weighted by atomic mass is 16.5. The van der Waals surface area contributed by atoms with E-state index in [0.29, 0.717) is 29.4 Å². The van der Waals surface area contributed by atoms with E-state index in [9.17, 15) is 9.90 Å². The van der Waals surface area contributed by atoms with Gasteiger partial charge in [0.2, 0.25) is 0 Å². The van der Waals surface area contributed by atoms with Crippen LogP contribution in [-0.2, 0) is 4.79 Å². The molecule has 7 heteroatoms. The molecule has 154 valence electrons. The third kappa shape index (κ3) is 4.51. The number of hydrogen-bond acceptors (Lipinski definition) is 6. The second-order valence-corrected chi connectivity index (χ2v) is 7.47. The van der Waals surface area contributed by atoms with E-state index in [0.717, 1.165) is 30.6 Å². The molecule has 3 aromatic rings. The lowest BCUT2D eigenvalue weighted by Gasteiger charge is -2.28. The lowest BCUT2D eigenvalue weighted by molar-refractivity contribution is -0.142. The zero-order chi connectivity index (χ0) is 20.9. The minimum absolute atomic E-state index is 0.0357. The van der Waals surface area contributed by atoms with Crippen molar-refractivity contribution in [1.82, 2.24) is 9.97 Å². The Morgan fingerprint density at radius 1 is 1.03 bits per heavy atom. The Bertz CT molecular complexity index is 1010. The topological polar surface area (TPSA) is 110 Å². The highest BCUT2D eigenvalue weighted by molar-refractivity contribution is 5.83. The van der Waals surface area contributed by atoms with Crippen LogP contribution in [0.1, 0.15) is 25.7 Å². The van der Waals surface area contributed by atoms with Crippen LogP contribution in [0.15, 0.2) is 60.9 Å². The van der Waals surface area contributed by atoms with Crippen LogP contribution in [0.25, 0.3) is 11.1 Å². The number of nitrogens with two attached hydrogens (primary N) is 1. The molecule has 30 heavy (non-hydrogen) atoms. The van der Waals surface area contributed by atoms with Gasteiger partial charge in [-0.3, -0.25) is 4.79 Å². The molecular formula is C23H24N4O3. The molecule has 7 nitrogen and oxygen atoms in total. The van der Waals surface area contributed by atoms with Crippen LogP contribution in [0.2, 0.25) is 0 Å². The number of nitrogens with one attached hydrogen (secondary N) is 1. The Morgan fingerprint density at radius 2 is 1.77 bits per heavy atom. The van der Waals surface area contributed by atoms with E-state index in [2.05, 4.69) is 15.3 Å². The van der Waals surface area contributed by atoms with Crippen molar-refractivity contribution in [3.63, 3.8) is 0 Å². The Balaban J connectivity index is 1.55. The minimum Gasteiger partial charge on any atom is -0.481 e. The molecule has 0 aliphatic heterocycles. The summed E-state index contributed by atoms with van der Waals surface area (Å²) in [5.41, 5.74) is 7.75. The summed E-state index contributed by atoms with van der Waals surface area (Å²) < 4.78 is 5.85. The Kier molecular flexibility index (Phi) is 5.79. The summed E-state index contributed by atoms with van der Waals surface area (Å²) in [6.45, 7) is 0. The maximum Gasteiger partial charge on any atom is 0.306 e. The monoisotopic (exact) mass is 404 g/mol. The largest absolute Gasteiger partial charge is 0.481 e. The number of carbonyl (C=O) groups is 1. The third-order valence-corrected chi connectivity index (χ3v) is 5.36. The summed E-state index contributed by atoms with van der Waals surface area (Å²) in [5, 5.41) is 12.7. The number of anilines is 2. The first-order valence-electron chi connectivity index (χ1n) is 10.0. The van der Waals surface area contributed by atoms with Gasteiger partial charge in [0.15, 0.2) is 0 Å². The van der Waals surface area contributed by atoms with Gasteiger partial charge in [-0.2, -0.15) is 0 Å². The van der Waals surface area contributed by atoms with Gasteiger partial charge < -0.3 is 20.9 Å². The van der Waals surface area contributed by atoms with Crippen LogP contribution >= 0.6 is 0 Å². The van der Waals surface area contributed by atoms with E-state index in [1.165, 1.54) is 6.33 Å². The van der Waals surface area contributed by atoms with Crippen LogP contribution in [0, 0.1) is 5.92 Å². The molecule has 0 bridgehead atoms. The van der Waals surface area contributed by atoms with Crippen molar-refractivity contribution < 1.29 is 14.6 Å². The molecule has 2 aromatic carbocycles. The van der Waals surface area contributed by atoms with Crippen LogP contribution in [0.3, 0.4) is 0 Å². The molecule has 2 atom stereocenters. The number of carboxylic acid groups (broad SMARTS) is 1. The fourth-order valence-corrected chi connectivity index (χ4v) is 3.85. The fraction of sp³-hybridized carbons (Fsp3) is 0.261. The number of nitrogen functional groups attached to an aromatic ring is 1. The van der Waals surface area contributed by atoms with E-state index in [1.54, 1.807) is 0 Å². The maximum atomic E-state index is 11.4. The second-order valence-electron chi connectivity index (χ2n) is 7.47. The summed E-state index contributed by atoms with van der Waals surface area (Å²) in [4.78, 5) is 19.9. The van der Waals surface area contributed by atoms with Crippen molar-refractivity contribution >= 4 is 17.6 Å². The summed E-state index contributed by atoms with van der Waals surface area (Å²) in [6.07, 6.45) is 4.48. The number of carboxylic acids is 1. The fourth-order valence-electron chi connectivity index (χ4n) is 3.85. The van der Waals surface area contributed by atoms with E-state index in [4.69, 9.17) is 10.5 Å². The quantitative estimate of drug-likeness (QED) is 0.552. The number of aromatic nitrogens is 2. The summed E-state index contributed by atoms with van der Waals surface area (Å²) in [5.74, 6) is 1.41. The Morgan fingerprint density at radius 3 is 2.50 bits per heavy atom. The van der Waals surface area contributed by atoms with Crippen molar-refractivity contribution in [3.05, 3.63) is 60.9 Å². The SMILES string of the molecule is Nc1ncnc(NC2CCC[C@H](C(=O)O)C2)c1-c1ccc(Oc2ccccc2)cc1. The highest BCUT2D eigenvalue weighted by Crippen LogP contribution is 2.35. The molecule has 1 heterocycles. The number of para-hydroxylation sites is 1. The molecule has 0 amide bonds. The molecule has 0 saturated heterocycles. The smallest absolute Gasteiger partial charge is 0.306 e. The summed E-state index contributed by atoms with van der Waals surface area (Å²) >= 11 is 0. The second kappa shape index (κ2) is 8.82. The van der Waals surface area contributed by atoms with Gasteiger partial charge >= 0.3 is 5.97 Å². The molecule has 1 aliphatic rings. The first-order valence-corrected chi connectivity index (χ1v) is 10.0. The number of hydrogen-bond donors (Lipinski definition) is 3. The lowest BCUT2D eigenvalue weighted by Crippen LogP contribution is -2.31. The van der Waals surface area contributed by atoms with Crippen LogP contribution < -0.4 is 15.8 Å². The molecule has 1 unspecified atom stereocenters. The molecule has 1 saturated carbocycles. The highest BCUT2D eigenvalue weighted by Gasteiger charge is 2.28. The van der Waals surface area contributed by atoms with Gasteiger partial charge in [-0.15, -0.1) is 0 Å². The number of rotatable bonds is 6. The van der Waals surface area contributed by atoms with Crippen LogP contribution in [-0.4, -0.2) is 27.1 Å². The van der Waals surface area contributed by atoms with Crippen LogP contribution in [0.4, 0.5) is 11.6 Å². The maximum absolute atomic E-state index is 11.4. The molecule has 1 aromatic heterocycles. The van der Waals surface area contributed by atoms with Crippen molar-refractivity contribution in [2.75, 3.05) is 11.1 Å². The van der Waals surface area contributed by atoms with Gasteiger partial charge in [0.1, 0.15) is 29.5 Å². The standard InChI is InChI=1S/C23H24N4O3/c24-21-20(15-9-11-19(12-10-15)30-18-7-2-1-3-8-18)22(26-14-25-21)27-17-6-4-5-16(13-17)23(28)29/h1-3,7-12,14,16-17H,4-6,13H2,(H,28,29)(H3,24,25,26,27)/t16-,17?/m0/s1. The third-order valence-electron chi connectivity index (χ3n) is 5.36. The average molecular weight is 404 g/mol. The summed E-state index contributed by atoms with van der Waals surface area (Å²) in [7, 11) is 0. The number of ether oxygens (including phenoxy) is 1. The Hall–Kier alpha value is -3.61. The first kappa shape index (κ1) is 19.7. The number of aliphatic carboxylic acids is 1. The van der Waals surface area contributed by atoms with E-state index < -0.39 is 5.97 Å². The van der Waals surface area contributed by atoms with Crippen molar-refractivity contribution in [1.29, 1.82) is 0 Å². The van der Waals surface area contributed by atoms with Gasteiger partial charge in [-0.05, 0) is 49.1 Å². The molecule has 1 aliphatic carbocycles. The molecule has 0 spiro atoms. The average Bonchev–Trinajstić information content (AvgIpc) is 2.76. The van der Waals surface area contributed by atoms with E-state index in [1.807, 2.05) is 54.6 Å². The van der Waals surface area contributed by atoms with Crippen molar-refractivity contribution in [2.24, 2.45) is 5.92 Å². The molecule has 4 rings (SSSR count).